The van der Waals surface area contributed by atoms with E-state index in [0.29, 0.717) is 29.4 Å². The fraction of sp³-hybridized carbons (Fsp3) is 0.0870. The van der Waals surface area contributed by atoms with Crippen LogP contribution in [0.25, 0.3) is 22.6 Å². The van der Waals surface area contributed by atoms with Gasteiger partial charge in [0, 0.05) is 36.1 Å². The van der Waals surface area contributed by atoms with E-state index < -0.39 is 0 Å². The maximum absolute atomic E-state index is 14.3. The van der Waals surface area contributed by atoms with E-state index in [-0.39, 0.29) is 5.82 Å². The van der Waals surface area contributed by atoms with E-state index in [9.17, 15) is 4.39 Å². The van der Waals surface area contributed by atoms with Crippen molar-refractivity contribution in [2.45, 2.75) is 6.42 Å². The Bertz CT molecular complexity index is 1050. The van der Waals surface area contributed by atoms with Gasteiger partial charge >= 0.3 is 0 Å². The van der Waals surface area contributed by atoms with Crippen molar-refractivity contribution >= 4 is 5.82 Å². The third kappa shape index (κ3) is 4.20. The monoisotopic (exact) mass is 370 g/mol. The Morgan fingerprint density at radius 1 is 0.857 bits per heavy atom. The molecule has 0 radical (unpaired) electrons. The Morgan fingerprint density at radius 3 is 2.46 bits per heavy atom. The van der Waals surface area contributed by atoms with Gasteiger partial charge in [0.25, 0.3) is 0 Å². The molecule has 2 aromatic heterocycles. The number of halogens is 1. The maximum Gasteiger partial charge on any atom is 0.163 e. The first-order chi connectivity index (χ1) is 13.8. The van der Waals surface area contributed by atoms with Crippen LogP contribution in [0.5, 0.6) is 0 Å². The maximum atomic E-state index is 14.3. The molecule has 2 aromatic carbocycles. The first kappa shape index (κ1) is 17.8. The van der Waals surface area contributed by atoms with E-state index in [1.165, 1.54) is 11.6 Å². The second kappa shape index (κ2) is 8.39. The molecule has 0 spiro atoms. The number of hydrogen-bond acceptors (Lipinski definition) is 4. The molecule has 0 bridgehead atoms. The molecule has 0 atom stereocenters. The normalized spacial score (nSPS) is 10.6. The molecule has 0 fully saturated rings. The minimum absolute atomic E-state index is 0.312. The molecular formula is C23H19FN4. The molecule has 0 amide bonds. The van der Waals surface area contributed by atoms with Gasteiger partial charge in [0.15, 0.2) is 5.82 Å². The van der Waals surface area contributed by atoms with E-state index in [2.05, 4.69) is 32.4 Å². The lowest BCUT2D eigenvalue weighted by Crippen LogP contribution is -2.08. The lowest BCUT2D eigenvalue weighted by atomic mass is 10.1. The van der Waals surface area contributed by atoms with Crippen LogP contribution in [0.1, 0.15) is 5.56 Å². The van der Waals surface area contributed by atoms with Crippen LogP contribution in [0.15, 0.2) is 85.2 Å². The molecule has 0 saturated carbocycles. The molecule has 0 aliphatic heterocycles. The molecule has 1 N–H and O–H groups in total. The van der Waals surface area contributed by atoms with Crippen LogP contribution in [0.3, 0.4) is 0 Å². The minimum atomic E-state index is -0.312. The number of aromatic nitrogens is 3. The van der Waals surface area contributed by atoms with Crippen molar-refractivity contribution in [1.82, 2.24) is 15.0 Å². The summed E-state index contributed by atoms with van der Waals surface area (Å²) >= 11 is 0. The zero-order valence-corrected chi connectivity index (χ0v) is 15.2. The Hall–Kier alpha value is -3.60. The third-order valence-electron chi connectivity index (χ3n) is 4.36. The van der Waals surface area contributed by atoms with Crippen LogP contribution in [0, 0.1) is 5.82 Å². The summed E-state index contributed by atoms with van der Waals surface area (Å²) < 4.78 is 14.3. The van der Waals surface area contributed by atoms with Gasteiger partial charge in [0.05, 0.1) is 5.69 Å². The van der Waals surface area contributed by atoms with E-state index in [0.717, 1.165) is 12.0 Å². The Kier molecular flexibility index (Phi) is 5.33. The highest BCUT2D eigenvalue weighted by molar-refractivity contribution is 5.67. The van der Waals surface area contributed by atoms with Gasteiger partial charge in [0.2, 0.25) is 0 Å². The summed E-state index contributed by atoms with van der Waals surface area (Å²) in [4.78, 5) is 13.3. The van der Waals surface area contributed by atoms with Crippen molar-refractivity contribution in [3.8, 4) is 22.6 Å². The quantitative estimate of drug-likeness (QED) is 0.519. The first-order valence-electron chi connectivity index (χ1n) is 9.12. The van der Waals surface area contributed by atoms with Gasteiger partial charge in [-0.15, -0.1) is 0 Å². The van der Waals surface area contributed by atoms with Gasteiger partial charge in [0.1, 0.15) is 11.6 Å². The fourth-order valence-corrected chi connectivity index (χ4v) is 2.95. The van der Waals surface area contributed by atoms with E-state index in [1.807, 2.05) is 30.3 Å². The molecule has 4 rings (SSSR count). The summed E-state index contributed by atoms with van der Waals surface area (Å²) in [5.74, 6) is 0.854. The highest BCUT2D eigenvalue weighted by Gasteiger charge is 2.11. The largest absolute Gasteiger partial charge is 0.370 e. The number of pyridine rings is 1. The lowest BCUT2D eigenvalue weighted by molar-refractivity contribution is 0.630. The number of nitrogens with zero attached hydrogens (tertiary/aromatic N) is 3. The average Bonchev–Trinajstić information content (AvgIpc) is 2.75. The Labute approximate surface area is 163 Å². The second-order valence-electron chi connectivity index (χ2n) is 6.35. The number of benzene rings is 2. The zero-order chi connectivity index (χ0) is 19.2. The van der Waals surface area contributed by atoms with Crippen LogP contribution in [-0.2, 0) is 6.42 Å². The van der Waals surface area contributed by atoms with Crippen LogP contribution >= 0.6 is 0 Å². The minimum Gasteiger partial charge on any atom is -0.370 e. The first-order valence-corrected chi connectivity index (χ1v) is 9.12. The number of rotatable bonds is 6. The smallest absolute Gasteiger partial charge is 0.163 e. The predicted molar refractivity (Wildman–Crippen MR) is 109 cm³/mol. The molecular weight excluding hydrogens is 351 g/mol. The van der Waals surface area contributed by atoms with Crippen LogP contribution < -0.4 is 5.32 Å². The Morgan fingerprint density at radius 2 is 1.68 bits per heavy atom. The second-order valence-corrected chi connectivity index (χ2v) is 6.35. The molecule has 2 heterocycles. The molecule has 28 heavy (non-hydrogen) atoms. The standard InChI is InChI=1S/C23H19FN4/c24-20-11-5-4-10-19(20)21-15-22(26-14-12-17-7-2-1-3-8-17)28-23(27-21)18-9-6-13-25-16-18/h1-11,13,15-16H,12,14H2,(H,26,27,28). The predicted octanol–water partition coefficient (Wildman–Crippen LogP) is 5.00. The molecule has 0 aliphatic rings. The fourth-order valence-electron chi connectivity index (χ4n) is 2.95. The summed E-state index contributed by atoms with van der Waals surface area (Å²) in [7, 11) is 0. The van der Waals surface area contributed by atoms with Gasteiger partial charge in [-0.3, -0.25) is 4.98 Å². The summed E-state index contributed by atoms with van der Waals surface area (Å²) in [6.45, 7) is 0.713. The lowest BCUT2D eigenvalue weighted by Gasteiger charge is -2.11. The number of nitrogens with one attached hydrogen (secondary N) is 1. The van der Waals surface area contributed by atoms with Crippen molar-refractivity contribution in [2.24, 2.45) is 0 Å². The summed E-state index contributed by atoms with van der Waals surface area (Å²) in [6, 6.07) is 22.4. The van der Waals surface area contributed by atoms with Gasteiger partial charge in [-0.2, -0.15) is 0 Å². The average molecular weight is 370 g/mol. The van der Waals surface area contributed by atoms with Gasteiger partial charge in [-0.1, -0.05) is 42.5 Å². The van der Waals surface area contributed by atoms with Crippen LogP contribution in [0.4, 0.5) is 10.2 Å². The molecule has 0 unspecified atom stereocenters. The van der Waals surface area contributed by atoms with E-state index in [1.54, 1.807) is 36.7 Å². The van der Waals surface area contributed by atoms with E-state index >= 15 is 0 Å². The number of hydrogen-bond donors (Lipinski definition) is 1. The van der Waals surface area contributed by atoms with Crippen LogP contribution in [0.2, 0.25) is 0 Å². The third-order valence-corrected chi connectivity index (χ3v) is 4.36. The summed E-state index contributed by atoms with van der Waals surface area (Å²) in [5, 5.41) is 3.34. The molecule has 4 aromatic rings. The molecule has 0 aliphatic carbocycles. The number of anilines is 1. The molecule has 0 saturated heterocycles. The van der Waals surface area contributed by atoms with Crippen molar-refractivity contribution in [2.75, 3.05) is 11.9 Å². The molecule has 5 heteroatoms. The highest BCUT2D eigenvalue weighted by atomic mass is 19.1. The van der Waals surface area contributed by atoms with Crippen molar-refractivity contribution < 1.29 is 4.39 Å². The van der Waals surface area contributed by atoms with Gasteiger partial charge < -0.3 is 5.32 Å². The molecule has 138 valence electrons. The van der Waals surface area contributed by atoms with Crippen molar-refractivity contribution in [3.05, 3.63) is 96.6 Å². The molecule has 4 nitrogen and oxygen atoms in total. The summed E-state index contributed by atoms with van der Waals surface area (Å²) in [5.41, 5.74) is 3.01. The highest BCUT2D eigenvalue weighted by Crippen LogP contribution is 2.26. The van der Waals surface area contributed by atoms with Crippen LogP contribution in [-0.4, -0.2) is 21.5 Å². The van der Waals surface area contributed by atoms with Crippen molar-refractivity contribution in [3.63, 3.8) is 0 Å². The zero-order valence-electron chi connectivity index (χ0n) is 15.2. The van der Waals surface area contributed by atoms with Gasteiger partial charge in [-0.05, 0) is 36.2 Å². The Balaban J connectivity index is 1.65. The SMILES string of the molecule is Fc1ccccc1-c1cc(NCCc2ccccc2)nc(-c2cccnc2)n1. The van der Waals surface area contributed by atoms with Gasteiger partial charge in [-0.25, -0.2) is 14.4 Å². The van der Waals surface area contributed by atoms with E-state index in [4.69, 9.17) is 0 Å². The summed E-state index contributed by atoms with van der Waals surface area (Å²) in [6.07, 6.45) is 4.26. The van der Waals surface area contributed by atoms with Crippen molar-refractivity contribution in [1.29, 1.82) is 0 Å². The topological polar surface area (TPSA) is 50.7 Å².